The number of amides is 2. The van der Waals surface area contributed by atoms with Crippen molar-refractivity contribution in [3.63, 3.8) is 0 Å². The maximum atomic E-state index is 12.3. The van der Waals surface area contributed by atoms with E-state index >= 15 is 0 Å². The first-order chi connectivity index (χ1) is 12.0. The van der Waals surface area contributed by atoms with Crippen molar-refractivity contribution in [1.29, 1.82) is 0 Å². The SMILES string of the molecule is Cc1cccc(OCC(=O)NNC(=O)c2ccccc2OC(F)F)c1. The van der Waals surface area contributed by atoms with E-state index in [9.17, 15) is 18.4 Å². The minimum atomic E-state index is -3.06. The molecule has 0 atom stereocenters. The normalized spacial score (nSPS) is 10.2. The van der Waals surface area contributed by atoms with Gasteiger partial charge in [0, 0.05) is 0 Å². The van der Waals surface area contributed by atoms with Gasteiger partial charge in [0.15, 0.2) is 6.61 Å². The molecule has 132 valence electrons. The Morgan fingerprint density at radius 2 is 1.84 bits per heavy atom. The van der Waals surface area contributed by atoms with Gasteiger partial charge in [-0.15, -0.1) is 0 Å². The quantitative estimate of drug-likeness (QED) is 0.785. The average molecular weight is 350 g/mol. The summed E-state index contributed by atoms with van der Waals surface area (Å²) in [5.41, 5.74) is 5.09. The molecule has 0 aliphatic rings. The summed E-state index contributed by atoms with van der Waals surface area (Å²) < 4.78 is 34.2. The molecule has 2 aromatic rings. The van der Waals surface area contributed by atoms with Crippen LogP contribution in [0.3, 0.4) is 0 Å². The number of rotatable bonds is 6. The number of hydrogen-bond donors (Lipinski definition) is 2. The van der Waals surface area contributed by atoms with Gasteiger partial charge in [0.1, 0.15) is 11.5 Å². The Labute approximate surface area is 142 Å². The van der Waals surface area contributed by atoms with E-state index in [-0.39, 0.29) is 17.9 Å². The van der Waals surface area contributed by atoms with Crippen LogP contribution < -0.4 is 20.3 Å². The van der Waals surface area contributed by atoms with Crippen LogP contribution in [0.5, 0.6) is 11.5 Å². The molecule has 8 heteroatoms. The van der Waals surface area contributed by atoms with E-state index in [1.165, 1.54) is 24.3 Å². The lowest BCUT2D eigenvalue weighted by molar-refractivity contribution is -0.123. The fraction of sp³-hybridized carbons (Fsp3) is 0.176. The zero-order valence-corrected chi connectivity index (χ0v) is 13.3. The Bertz CT molecular complexity index is 753. The highest BCUT2D eigenvalue weighted by Gasteiger charge is 2.15. The second-order valence-corrected chi connectivity index (χ2v) is 4.98. The number of aryl methyl sites for hydroxylation is 1. The molecule has 0 fully saturated rings. The van der Waals surface area contributed by atoms with Crippen molar-refractivity contribution in [2.45, 2.75) is 13.5 Å². The van der Waals surface area contributed by atoms with Gasteiger partial charge < -0.3 is 9.47 Å². The van der Waals surface area contributed by atoms with Gasteiger partial charge in [-0.2, -0.15) is 8.78 Å². The standard InChI is InChI=1S/C17H16F2N2O4/c1-11-5-4-6-12(9-11)24-10-15(22)20-21-16(23)13-7-2-3-8-14(13)25-17(18)19/h2-9,17H,10H2,1H3,(H,20,22)(H,21,23). The van der Waals surface area contributed by atoms with Gasteiger partial charge in [-0.1, -0.05) is 24.3 Å². The summed E-state index contributed by atoms with van der Waals surface area (Å²) in [5.74, 6) is -1.18. The van der Waals surface area contributed by atoms with Crippen LogP contribution in [0.2, 0.25) is 0 Å². The van der Waals surface area contributed by atoms with E-state index in [1.54, 1.807) is 18.2 Å². The Hall–Kier alpha value is -3.16. The minimum absolute atomic E-state index is 0.136. The largest absolute Gasteiger partial charge is 0.484 e. The molecule has 2 rings (SSSR count). The van der Waals surface area contributed by atoms with Gasteiger partial charge in [-0.25, -0.2) is 0 Å². The summed E-state index contributed by atoms with van der Waals surface area (Å²) in [4.78, 5) is 23.7. The van der Waals surface area contributed by atoms with E-state index in [1.807, 2.05) is 13.0 Å². The Balaban J connectivity index is 1.86. The number of benzene rings is 2. The number of hydrogen-bond acceptors (Lipinski definition) is 4. The van der Waals surface area contributed by atoms with Gasteiger partial charge >= 0.3 is 6.61 Å². The van der Waals surface area contributed by atoms with Gasteiger partial charge in [-0.3, -0.25) is 20.4 Å². The Morgan fingerprint density at radius 3 is 2.56 bits per heavy atom. The molecule has 0 bridgehead atoms. The maximum absolute atomic E-state index is 12.3. The number of halogens is 2. The third-order valence-corrected chi connectivity index (χ3v) is 3.02. The first-order valence-electron chi connectivity index (χ1n) is 7.28. The van der Waals surface area contributed by atoms with Crippen LogP contribution in [0.25, 0.3) is 0 Å². The van der Waals surface area contributed by atoms with Crippen LogP contribution in [-0.2, 0) is 4.79 Å². The zero-order valence-electron chi connectivity index (χ0n) is 13.3. The second-order valence-electron chi connectivity index (χ2n) is 4.98. The van der Waals surface area contributed by atoms with Gasteiger partial charge in [0.2, 0.25) is 0 Å². The molecule has 6 nitrogen and oxygen atoms in total. The van der Waals surface area contributed by atoms with Crippen molar-refractivity contribution in [2.24, 2.45) is 0 Å². The summed E-state index contributed by atoms with van der Waals surface area (Å²) in [6.07, 6.45) is 0. The van der Waals surface area contributed by atoms with Gasteiger partial charge in [-0.05, 0) is 36.8 Å². The van der Waals surface area contributed by atoms with Gasteiger partial charge in [0.25, 0.3) is 11.8 Å². The predicted molar refractivity (Wildman–Crippen MR) is 85.4 cm³/mol. The first-order valence-corrected chi connectivity index (χ1v) is 7.28. The van der Waals surface area contributed by atoms with Crippen molar-refractivity contribution in [2.75, 3.05) is 6.61 Å². The zero-order chi connectivity index (χ0) is 18.2. The van der Waals surface area contributed by atoms with E-state index < -0.39 is 18.4 Å². The number of hydrazine groups is 1. The third kappa shape index (κ3) is 5.76. The van der Waals surface area contributed by atoms with Crippen molar-refractivity contribution in [3.8, 4) is 11.5 Å². The smallest absolute Gasteiger partial charge is 0.387 e. The van der Waals surface area contributed by atoms with E-state index in [0.29, 0.717) is 5.75 Å². The minimum Gasteiger partial charge on any atom is -0.484 e. The summed E-state index contributed by atoms with van der Waals surface area (Å²) >= 11 is 0. The number of ether oxygens (including phenoxy) is 2. The highest BCUT2D eigenvalue weighted by atomic mass is 19.3. The summed E-state index contributed by atoms with van der Waals surface area (Å²) in [7, 11) is 0. The van der Waals surface area contributed by atoms with Crippen molar-refractivity contribution in [1.82, 2.24) is 10.9 Å². The van der Waals surface area contributed by atoms with Crippen molar-refractivity contribution < 1.29 is 27.8 Å². The molecule has 0 radical (unpaired) electrons. The molecule has 0 saturated carbocycles. The number of carbonyl (C=O) groups is 2. The second kappa shape index (κ2) is 8.62. The number of nitrogens with one attached hydrogen (secondary N) is 2. The maximum Gasteiger partial charge on any atom is 0.387 e. The molecule has 2 amide bonds. The lowest BCUT2D eigenvalue weighted by Gasteiger charge is -2.12. The highest BCUT2D eigenvalue weighted by Crippen LogP contribution is 2.19. The lowest BCUT2D eigenvalue weighted by Crippen LogP contribution is -2.44. The van der Waals surface area contributed by atoms with Gasteiger partial charge in [0.05, 0.1) is 5.56 Å². The summed E-state index contributed by atoms with van der Waals surface area (Å²) in [5, 5.41) is 0. The molecular weight excluding hydrogens is 334 g/mol. The lowest BCUT2D eigenvalue weighted by atomic mass is 10.2. The fourth-order valence-electron chi connectivity index (χ4n) is 1.94. The summed E-state index contributed by atoms with van der Waals surface area (Å²) in [6.45, 7) is -1.50. The highest BCUT2D eigenvalue weighted by molar-refractivity contribution is 5.97. The number of para-hydroxylation sites is 1. The van der Waals surface area contributed by atoms with Crippen LogP contribution in [0.4, 0.5) is 8.78 Å². The Kier molecular flexibility index (Phi) is 6.27. The molecule has 0 aromatic heterocycles. The Morgan fingerprint density at radius 1 is 1.08 bits per heavy atom. The molecule has 0 heterocycles. The molecule has 0 saturated heterocycles. The average Bonchev–Trinajstić information content (AvgIpc) is 2.58. The molecule has 2 aromatic carbocycles. The molecule has 25 heavy (non-hydrogen) atoms. The fourth-order valence-corrected chi connectivity index (χ4v) is 1.94. The molecule has 0 spiro atoms. The number of carbonyl (C=O) groups excluding carboxylic acids is 2. The number of alkyl halides is 2. The monoisotopic (exact) mass is 350 g/mol. The van der Waals surface area contributed by atoms with E-state index in [2.05, 4.69) is 15.6 Å². The topological polar surface area (TPSA) is 76.7 Å². The van der Waals surface area contributed by atoms with E-state index in [4.69, 9.17) is 4.74 Å². The van der Waals surface area contributed by atoms with Crippen LogP contribution in [-0.4, -0.2) is 25.0 Å². The molecule has 0 aliphatic heterocycles. The van der Waals surface area contributed by atoms with Crippen LogP contribution in [0.1, 0.15) is 15.9 Å². The van der Waals surface area contributed by atoms with Crippen LogP contribution in [0, 0.1) is 6.92 Å². The molecule has 2 N–H and O–H groups in total. The molecular formula is C17H16F2N2O4. The molecule has 0 aliphatic carbocycles. The van der Waals surface area contributed by atoms with Crippen molar-refractivity contribution >= 4 is 11.8 Å². The molecule has 0 unspecified atom stereocenters. The predicted octanol–water partition coefficient (Wildman–Crippen LogP) is 2.44. The third-order valence-electron chi connectivity index (χ3n) is 3.02. The summed E-state index contributed by atoms with van der Waals surface area (Å²) in [6, 6.07) is 12.6. The van der Waals surface area contributed by atoms with Crippen LogP contribution in [0.15, 0.2) is 48.5 Å². The van der Waals surface area contributed by atoms with Crippen molar-refractivity contribution in [3.05, 3.63) is 59.7 Å². The van der Waals surface area contributed by atoms with Crippen LogP contribution >= 0.6 is 0 Å². The van der Waals surface area contributed by atoms with E-state index in [0.717, 1.165) is 5.56 Å². The first kappa shape index (κ1) is 18.2.